The van der Waals surface area contributed by atoms with Gasteiger partial charge >= 0.3 is 0 Å². The molecule has 3 nitrogen and oxygen atoms in total. The molecule has 0 spiro atoms. The molecule has 1 aromatic rings. The number of hydrogen-bond donors (Lipinski definition) is 1. The van der Waals surface area contributed by atoms with E-state index in [1.807, 2.05) is 11.7 Å². The minimum absolute atomic E-state index is 0.256. The van der Waals surface area contributed by atoms with Crippen LogP contribution in [0.15, 0.2) is 11.7 Å². The van der Waals surface area contributed by atoms with Crippen molar-refractivity contribution >= 4 is 11.3 Å². The Labute approximate surface area is 75.6 Å². The van der Waals surface area contributed by atoms with E-state index in [4.69, 9.17) is 10.5 Å². The quantitative estimate of drug-likeness (QED) is 0.754. The molecule has 2 atom stereocenters. The van der Waals surface area contributed by atoms with Crippen LogP contribution in [0.25, 0.3) is 0 Å². The van der Waals surface area contributed by atoms with Crippen LogP contribution in [0.2, 0.25) is 0 Å². The molecular formula is C8H12N2OS. The fraction of sp³-hybridized carbons (Fsp3) is 0.625. The number of rotatable bonds is 2. The molecule has 0 radical (unpaired) electrons. The molecule has 1 aromatic heterocycles. The highest BCUT2D eigenvalue weighted by atomic mass is 32.1. The molecule has 0 bridgehead atoms. The maximum Gasteiger partial charge on any atom is 0.0938 e. The van der Waals surface area contributed by atoms with E-state index >= 15 is 0 Å². The van der Waals surface area contributed by atoms with Crippen molar-refractivity contribution in [2.24, 2.45) is 5.73 Å². The van der Waals surface area contributed by atoms with E-state index in [0.29, 0.717) is 6.54 Å². The summed E-state index contributed by atoms with van der Waals surface area (Å²) in [6.45, 7) is 0.634. The lowest BCUT2D eigenvalue weighted by Gasteiger charge is -2.09. The van der Waals surface area contributed by atoms with Crippen molar-refractivity contribution in [1.29, 1.82) is 0 Å². The van der Waals surface area contributed by atoms with Crippen molar-refractivity contribution in [2.45, 2.75) is 25.0 Å². The van der Waals surface area contributed by atoms with Gasteiger partial charge in [-0.25, -0.2) is 0 Å². The summed E-state index contributed by atoms with van der Waals surface area (Å²) in [4.78, 5) is 5.25. The van der Waals surface area contributed by atoms with Crippen LogP contribution in [0.1, 0.15) is 23.8 Å². The molecule has 66 valence electrons. The molecule has 0 aliphatic carbocycles. The Morgan fingerprint density at radius 3 is 3.17 bits per heavy atom. The standard InChI is InChI=1S/C8H12N2OS/c9-3-6-1-2-7(11-6)8-4-10-5-12-8/h4-7H,1-3,9H2. The summed E-state index contributed by atoms with van der Waals surface area (Å²) in [6, 6.07) is 0. The highest BCUT2D eigenvalue weighted by Gasteiger charge is 2.26. The second kappa shape index (κ2) is 3.51. The second-order valence-electron chi connectivity index (χ2n) is 2.96. The highest BCUT2D eigenvalue weighted by Crippen LogP contribution is 2.33. The topological polar surface area (TPSA) is 48.1 Å². The minimum atomic E-state index is 0.256. The van der Waals surface area contributed by atoms with Crippen LogP contribution in [0.4, 0.5) is 0 Å². The van der Waals surface area contributed by atoms with Crippen LogP contribution < -0.4 is 5.73 Å². The van der Waals surface area contributed by atoms with Gasteiger partial charge in [-0.2, -0.15) is 0 Å². The number of hydrogen-bond acceptors (Lipinski definition) is 4. The highest BCUT2D eigenvalue weighted by molar-refractivity contribution is 7.09. The Morgan fingerprint density at radius 1 is 1.67 bits per heavy atom. The lowest BCUT2D eigenvalue weighted by atomic mass is 10.2. The van der Waals surface area contributed by atoms with Crippen LogP contribution in [0.3, 0.4) is 0 Å². The van der Waals surface area contributed by atoms with Gasteiger partial charge in [-0.05, 0) is 12.8 Å². The lowest BCUT2D eigenvalue weighted by molar-refractivity contribution is 0.0517. The first-order chi connectivity index (χ1) is 5.90. The van der Waals surface area contributed by atoms with Gasteiger partial charge in [0, 0.05) is 12.7 Å². The predicted molar refractivity (Wildman–Crippen MR) is 48.0 cm³/mol. The number of ether oxygens (including phenoxy) is 1. The Kier molecular flexibility index (Phi) is 2.39. The molecule has 2 unspecified atom stereocenters. The molecule has 1 aliphatic heterocycles. The Bertz CT molecular complexity index is 237. The maximum atomic E-state index is 5.70. The summed E-state index contributed by atoms with van der Waals surface area (Å²) in [5.74, 6) is 0. The van der Waals surface area contributed by atoms with Crippen molar-refractivity contribution < 1.29 is 4.74 Å². The van der Waals surface area contributed by atoms with Crippen LogP contribution in [0.5, 0.6) is 0 Å². The van der Waals surface area contributed by atoms with Crippen LogP contribution in [-0.2, 0) is 4.74 Å². The van der Waals surface area contributed by atoms with Gasteiger partial charge in [-0.3, -0.25) is 4.98 Å². The molecule has 2 N–H and O–H groups in total. The third-order valence-corrected chi connectivity index (χ3v) is 3.01. The number of thiazole rings is 1. The van der Waals surface area contributed by atoms with Gasteiger partial charge in [0.1, 0.15) is 0 Å². The van der Waals surface area contributed by atoms with E-state index < -0.39 is 0 Å². The van der Waals surface area contributed by atoms with E-state index in [0.717, 1.165) is 12.8 Å². The first-order valence-electron chi connectivity index (χ1n) is 4.14. The molecule has 1 saturated heterocycles. The first-order valence-corrected chi connectivity index (χ1v) is 5.02. The maximum absolute atomic E-state index is 5.70. The van der Waals surface area contributed by atoms with Gasteiger partial charge in [-0.1, -0.05) is 0 Å². The second-order valence-corrected chi connectivity index (χ2v) is 3.88. The van der Waals surface area contributed by atoms with Crippen LogP contribution in [-0.4, -0.2) is 17.6 Å². The minimum Gasteiger partial charge on any atom is -0.368 e. The normalized spacial score (nSPS) is 29.4. The average Bonchev–Trinajstić information content (AvgIpc) is 2.75. The van der Waals surface area contributed by atoms with Gasteiger partial charge in [0.15, 0.2) is 0 Å². The van der Waals surface area contributed by atoms with E-state index in [9.17, 15) is 0 Å². The van der Waals surface area contributed by atoms with E-state index in [2.05, 4.69) is 4.98 Å². The Morgan fingerprint density at radius 2 is 2.58 bits per heavy atom. The zero-order chi connectivity index (χ0) is 8.39. The number of aromatic nitrogens is 1. The van der Waals surface area contributed by atoms with Gasteiger partial charge < -0.3 is 10.5 Å². The fourth-order valence-corrected chi connectivity index (χ4v) is 2.16. The summed E-state index contributed by atoms with van der Waals surface area (Å²) in [5, 5.41) is 0. The molecule has 0 saturated carbocycles. The molecule has 1 fully saturated rings. The zero-order valence-corrected chi connectivity index (χ0v) is 7.59. The summed E-state index contributed by atoms with van der Waals surface area (Å²) in [5.41, 5.74) is 7.35. The van der Waals surface area contributed by atoms with E-state index in [1.54, 1.807) is 11.3 Å². The van der Waals surface area contributed by atoms with Crippen LogP contribution >= 0.6 is 11.3 Å². The van der Waals surface area contributed by atoms with Gasteiger partial charge in [0.05, 0.1) is 22.6 Å². The molecule has 2 rings (SSSR count). The zero-order valence-electron chi connectivity index (χ0n) is 6.77. The van der Waals surface area contributed by atoms with Crippen molar-refractivity contribution in [3.8, 4) is 0 Å². The largest absolute Gasteiger partial charge is 0.368 e. The number of nitrogens with zero attached hydrogens (tertiary/aromatic N) is 1. The summed E-state index contributed by atoms with van der Waals surface area (Å²) in [7, 11) is 0. The average molecular weight is 184 g/mol. The van der Waals surface area contributed by atoms with Crippen molar-refractivity contribution in [1.82, 2.24) is 4.98 Å². The Hall–Kier alpha value is -0.450. The molecule has 4 heteroatoms. The fourth-order valence-electron chi connectivity index (χ4n) is 1.47. The van der Waals surface area contributed by atoms with Crippen LogP contribution in [0, 0.1) is 0 Å². The van der Waals surface area contributed by atoms with E-state index in [-0.39, 0.29) is 12.2 Å². The molecule has 12 heavy (non-hydrogen) atoms. The monoisotopic (exact) mass is 184 g/mol. The van der Waals surface area contributed by atoms with Gasteiger partial charge in [0.2, 0.25) is 0 Å². The summed E-state index contributed by atoms with van der Waals surface area (Å²) in [6.07, 6.45) is 4.57. The molecule has 1 aliphatic rings. The lowest BCUT2D eigenvalue weighted by Crippen LogP contribution is -2.18. The Balaban J connectivity index is 2.00. The van der Waals surface area contributed by atoms with Crippen molar-refractivity contribution in [3.05, 3.63) is 16.6 Å². The smallest absolute Gasteiger partial charge is 0.0938 e. The van der Waals surface area contributed by atoms with E-state index in [1.165, 1.54) is 4.88 Å². The first kappa shape index (κ1) is 8.16. The van der Waals surface area contributed by atoms with Crippen molar-refractivity contribution in [2.75, 3.05) is 6.54 Å². The van der Waals surface area contributed by atoms with Crippen molar-refractivity contribution in [3.63, 3.8) is 0 Å². The third-order valence-electron chi connectivity index (χ3n) is 2.14. The molecule has 0 amide bonds. The SMILES string of the molecule is NCC1CCC(c2cncs2)O1. The molecular weight excluding hydrogens is 172 g/mol. The predicted octanol–water partition coefficient (Wildman–Crippen LogP) is 1.32. The van der Waals surface area contributed by atoms with Gasteiger partial charge in [0.25, 0.3) is 0 Å². The molecule has 2 heterocycles. The summed E-state index contributed by atoms with van der Waals surface area (Å²) < 4.78 is 5.70. The summed E-state index contributed by atoms with van der Waals surface area (Å²) >= 11 is 1.66. The molecule has 0 aromatic carbocycles. The van der Waals surface area contributed by atoms with Gasteiger partial charge in [-0.15, -0.1) is 11.3 Å². The third kappa shape index (κ3) is 1.50. The number of nitrogens with two attached hydrogens (primary N) is 1.